The highest BCUT2D eigenvalue weighted by Gasteiger charge is 2.28. The molecule has 0 radical (unpaired) electrons. The van der Waals surface area contributed by atoms with Gasteiger partial charge in [0.15, 0.2) is 11.6 Å². The first kappa shape index (κ1) is 27.4. The molecule has 0 aliphatic heterocycles. The molecular formula is C25H24FN3O7S. The molecular weight excluding hydrogens is 505 g/mol. The first-order valence-corrected chi connectivity index (χ1v) is 12.6. The summed E-state index contributed by atoms with van der Waals surface area (Å²) in [6, 6.07) is 13.4. The lowest BCUT2D eigenvalue weighted by atomic mass is 10.1. The van der Waals surface area contributed by atoms with Gasteiger partial charge in [-0.3, -0.25) is 19.7 Å². The van der Waals surface area contributed by atoms with Gasteiger partial charge in [-0.15, -0.1) is 0 Å². The largest absolute Gasteiger partial charge is 0.421 e. The Morgan fingerprint density at radius 1 is 1.05 bits per heavy atom. The van der Waals surface area contributed by atoms with Gasteiger partial charge in [-0.05, 0) is 43.2 Å². The van der Waals surface area contributed by atoms with Gasteiger partial charge >= 0.3 is 5.97 Å². The highest BCUT2D eigenvalue weighted by molar-refractivity contribution is 7.89. The molecule has 3 aromatic carbocycles. The predicted octanol–water partition coefficient (Wildman–Crippen LogP) is 3.89. The van der Waals surface area contributed by atoms with Crippen LogP contribution in [0.15, 0.2) is 71.6 Å². The number of hydrogen-bond acceptors (Lipinski definition) is 7. The number of sulfonamides is 1. The molecule has 0 aliphatic carbocycles. The van der Waals surface area contributed by atoms with E-state index >= 15 is 0 Å². The molecule has 0 saturated heterocycles. The SMILES string of the molecule is CCC(=O)Oc1c(F)cccc1NC(=O)[C@H](Cc1ccc([N+](=O)[O-])cc1)NS(=O)(=O)c1ccc(C)cc1. The molecule has 0 fully saturated rings. The van der Waals surface area contributed by atoms with Gasteiger partial charge in [0.1, 0.15) is 6.04 Å². The number of nitro groups is 1. The van der Waals surface area contributed by atoms with Crippen molar-refractivity contribution in [1.29, 1.82) is 0 Å². The monoisotopic (exact) mass is 529 g/mol. The quantitative estimate of drug-likeness (QED) is 0.175. The average molecular weight is 530 g/mol. The Balaban J connectivity index is 1.94. The summed E-state index contributed by atoms with van der Waals surface area (Å²) < 4.78 is 47.8. The van der Waals surface area contributed by atoms with Crippen LogP contribution in [0.3, 0.4) is 0 Å². The minimum Gasteiger partial charge on any atom is -0.421 e. The molecule has 0 aliphatic rings. The first-order chi connectivity index (χ1) is 17.5. The number of hydrogen-bond donors (Lipinski definition) is 2. The van der Waals surface area contributed by atoms with Crippen LogP contribution < -0.4 is 14.8 Å². The maximum absolute atomic E-state index is 14.4. The number of nitrogens with zero attached hydrogens (tertiary/aromatic N) is 1. The molecule has 3 rings (SSSR count). The van der Waals surface area contributed by atoms with E-state index in [4.69, 9.17) is 4.74 Å². The fourth-order valence-electron chi connectivity index (χ4n) is 3.27. The lowest BCUT2D eigenvalue weighted by Gasteiger charge is -2.20. The van der Waals surface area contributed by atoms with Crippen molar-refractivity contribution in [2.75, 3.05) is 5.32 Å². The molecule has 37 heavy (non-hydrogen) atoms. The number of rotatable bonds is 10. The standard InChI is InChI=1S/C25H24FN3O7S/c1-3-23(30)36-24-20(26)5-4-6-21(24)27-25(31)22(15-17-9-11-18(12-10-17)29(32)33)28-37(34,35)19-13-7-16(2)8-14-19/h4-14,22,28H,3,15H2,1-2H3,(H,27,31)/t22-/m0/s1. The number of ether oxygens (including phenoxy) is 1. The van der Waals surface area contributed by atoms with Gasteiger partial charge in [-0.25, -0.2) is 12.8 Å². The number of aryl methyl sites for hydroxylation is 1. The Morgan fingerprint density at radius 2 is 1.70 bits per heavy atom. The molecule has 0 unspecified atom stereocenters. The summed E-state index contributed by atoms with van der Waals surface area (Å²) in [5.41, 5.74) is 0.913. The smallest absolute Gasteiger partial charge is 0.311 e. The number of anilines is 1. The van der Waals surface area contributed by atoms with E-state index in [1.54, 1.807) is 19.1 Å². The molecule has 1 amide bonds. The summed E-state index contributed by atoms with van der Waals surface area (Å²) in [4.78, 5) is 35.3. The zero-order valence-corrected chi connectivity index (χ0v) is 20.8. The van der Waals surface area contributed by atoms with Gasteiger partial charge in [-0.2, -0.15) is 4.72 Å². The van der Waals surface area contributed by atoms with Crippen molar-refractivity contribution in [3.8, 4) is 5.75 Å². The highest BCUT2D eigenvalue weighted by Crippen LogP contribution is 2.28. The Hall–Kier alpha value is -4.16. The van der Waals surface area contributed by atoms with Crippen molar-refractivity contribution in [1.82, 2.24) is 4.72 Å². The minimum absolute atomic E-state index is 0.0408. The van der Waals surface area contributed by atoms with Crippen molar-refractivity contribution in [2.45, 2.75) is 37.6 Å². The van der Waals surface area contributed by atoms with Crippen LogP contribution in [0, 0.1) is 22.9 Å². The van der Waals surface area contributed by atoms with E-state index in [1.807, 2.05) is 0 Å². The van der Waals surface area contributed by atoms with Crippen molar-refractivity contribution < 1.29 is 32.1 Å². The molecule has 0 bridgehead atoms. The number of halogens is 1. The van der Waals surface area contributed by atoms with Gasteiger partial charge in [0.05, 0.1) is 15.5 Å². The molecule has 0 spiro atoms. The van der Waals surface area contributed by atoms with Crippen molar-refractivity contribution in [3.05, 3.63) is 93.8 Å². The Kier molecular flexibility index (Phi) is 8.69. The normalized spacial score (nSPS) is 12.0. The zero-order chi connectivity index (χ0) is 27.2. The fraction of sp³-hybridized carbons (Fsp3) is 0.200. The summed E-state index contributed by atoms with van der Waals surface area (Å²) in [5.74, 6) is -3.00. The molecule has 1 atom stereocenters. The highest BCUT2D eigenvalue weighted by atomic mass is 32.2. The molecule has 3 aromatic rings. The van der Waals surface area contributed by atoms with E-state index in [1.165, 1.54) is 55.5 Å². The van der Waals surface area contributed by atoms with E-state index < -0.39 is 44.4 Å². The van der Waals surface area contributed by atoms with E-state index in [9.17, 15) is 32.5 Å². The third-order valence-corrected chi connectivity index (χ3v) is 6.75. The van der Waals surface area contributed by atoms with E-state index in [2.05, 4.69) is 10.0 Å². The van der Waals surface area contributed by atoms with Crippen LogP contribution in [0.5, 0.6) is 5.75 Å². The summed E-state index contributed by atoms with van der Waals surface area (Å²) in [5, 5.41) is 13.4. The van der Waals surface area contributed by atoms with Gasteiger partial charge in [0.2, 0.25) is 15.9 Å². The van der Waals surface area contributed by atoms with Crippen molar-refractivity contribution >= 4 is 33.3 Å². The average Bonchev–Trinajstić information content (AvgIpc) is 2.86. The van der Waals surface area contributed by atoms with Crippen LogP contribution >= 0.6 is 0 Å². The molecule has 10 nitrogen and oxygen atoms in total. The number of amides is 1. The molecule has 0 aromatic heterocycles. The topological polar surface area (TPSA) is 145 Å². The first-order valence-electron chi connectivity index (χ1n) is 11.1. The number of nitro benzene ring substituents is 1. The Labute approximate surface area is 212 Å². The van der Waals surface area contributed by atoms with Crippen molar-refractivity contribution in [2.24, 2.45) is 0 Å². The van der Waals surface area contributed by atoms with Crippen LogP contribution in [0.4, 0.5) is 15.8 Å². The molecule has 12 heteroatoms. The number of esters is 1. The molecule has 0 heterocycles. The number of carbonyl (C=O) groups is 2. The summed E-state index contributed by atoms with van der Waals surface area (Å²) >= 11 is 0. The summed E-state index contributed by atoms with van der Waals surface area (Å²) in [6.07, 6.45) is -0.227. The third kappa shape index (κ3) is 7.18. The lowest BCUT2D eigenvalue weighted by Crippen LogP contribution is -2.45. The van der Waals surface area contributed by atoms with Crippen molar-refractivity contribution in [3.63, 3.8) is 0 Å². The number of para-hydroxylation sites is 1. The minimum atomic E-state index is -4.18. The predicted molar refractivity (Wildman–Crippen MR) is 133 cm³/mol. The van der Waals surface area contributed by atoms with Gasteiger partial charge in [0, 0.05) is 18.6 Å². The zero-order valence-electron chi connectivity index (χ0n) is 19.9. The maximum Gasteiger partial charge on any atom is 0.311 e. The Morgan fingerprint density at radius 3 is 2.30 bits per heavy atom. The van der Waals surface area contributed by atoms with Crippen LogP contribution in [0.2, 0.25) is 0 Å². The second-order valence-corrected chi connectivity index (χ2v) is 9.76. The van der Waals surface area contributed by atoms with Crippen LogP contribution in [0.25, 0.3) is 0 Å². The second-order valence-electron chi connectivity index (χ2n) is 8.05. The van der Waals surface area contributed by atoms with Crippen LogP contribution in [0.1, 0.15) is 24.5 Å². The van der Waals surface area contributed by atoms with E-state index in [-0.39, 0.29) is 29.1 Å². The maximum atomic E-state index is 14.4. The lowest BCUT2D eigenvalue weighted by molar-refractivity contribution is -0.384. The van der Waals surface area contributed by atoms with Crippen LogP contribution in [-0.4, -0.2) is 31.3 Å². The van der Waals surface area contributed by atoms with E-state index in [0.717, 1.165) is 11.6 Å². The summed E-state index contributed by atoms with van der Waals surface area (Å²) in [6.45, 7) is 3.30. The second kappa shape index (κ2) is 11.7. The van der Waals surface area contributed by atoms with Gasteiger partial charge in [-0.1, -0.05) is 42.8 Å². The van der Waals surface area contributed by atoms with Gasteiger partial charge < -0.3 is 10.1 Å². The van der Waals surface area contributed by atoms with Crippen LogP contribution in [-0.2, 0) is 26.0 Å². The molecule has 194 valence electrons. The van der Waals surface area contributed by atoms with E-state index in [0.29, 0.717) is 5.56 Å². The fourth-order valence-corrected chi connectivity index (χ4v) is 4.46. The Bertz CT molecular complexity index is 1410. The number of carbonyl (C=O) groups excluding carboxylic acids is 2. The third-order valence-electron chi connectivity index (χ3n) is 5.26. The number of non-ortho nitro benzene ring substituents is 1. The number of benzene rings is 3. The summed E-state index contributed by atoms with van der Waals surface area (Å²) in [7, 11) is -4.18. The molecule has 2 N–H and O–H groups in total. The van der Waals surface area contributed by atoms with Gasteiger partial charge in [0.25, 0.3) is 5.69 Å². The number of nitrogens with one attached hydrogen (secondary N) is 2. The molecule has 0 saturated carbocycles.